The molecule has 0 bridgehead atoms. The minimum Gasteiger partial charge on any atom is -0.478 e. The van der Waals surface area contributed by atoms with Crippen LogP contribution in [0.5, 0.6) is 0 Å². The number of anilines is 1. The lowest BCUT2D eigenvalue weighted by Gasteiger charge is -2.30. The fourth-order valence-corrected chi connectivity index (χ4v) is 2.53. The number of carbonyl (C=O) groups is 3. The number of aromatic nitrogens is 1. The molecule has 0 aliphatic carbocycles. The molecule has 0 radical (unpaired) electrons. The van der Waals surface area contributed by atoms with Gasteiger partial charge in [-0.2, -0.15) is 0 Å². The van der Waals surface area contributed by atoms with Crippen LogP contribution >= 0.6 is 0 Å². The maximum Gasteiger partial charge on any atom is 0.328 e. The number of carbonyl (C=O) groups excluding carboxylic acids is 1. The summed E-state index contributed by atoms with van der Waals surface area (Å²) in [6, 6.07) is 10.5. The number of carboxylic acids is 2. The minimum absolute atomic E-state index is 0.193. The number of hydrogen-bond acceptors (Lipinski definition) is 5. The molecule has 1 amide bonds. The van der Waals surface area contributed by atoms with E-state index in [0.29, 0.717) is 29.0 Å². The van der Waals surface area contributed by atoms with Gasteiger partial charge in [0.05, 0.1) is 5.69 Å². The first-order chi connectivity index (χ1) is 12.2. The molecule has 2 aromatic rings. The summed E-state index contributed by atoms with van der Waals surface area (Å²) in [6.45, 7) is 1.62. The molecule has 8 nitrogen and oxygen atoms in total. The molecule has 1 aliphatic rings. The first kappa shape index (κ1) is 18.8. The lowest BCUT2D eigenvalue weighted by molar-refractivity contribution is -0.134. The van der Waals surface area contributed by atoms with Crippen LogP contribution in [0.15, 0.2) is 60.9 Å². The zero-order chi connectivity index (χ0) is 19.3. The number of carboxylic acid groups (broad SMARTS) is 2. The van der Waals surface area contributed by atoms with Gasteiger partial charge >= 0.3 is 11.9 Å². The highest BCUT2D eigenvalue weighted by Crippen LogP contribution is 2.39. The summed E-state index contributed by atoms with van der Waals surface area (Å²) in [5.41, 5.74) is 0.483. The zero-order valence-electron chi connectivity index (χ0n) is 13.7. The molecular weight excluding hydrogens is 340 g/mol. The highest BCUT2D eigenvalue weighted by Gasteiger charge is 2.45. The largest absolute Gasteiger partial charge is 0.478 e. The molecule has 0 fully saturated rings. The minimum atomic E-state index is -1.32. The number of amides is 1. The highest BCUT2D eigenvalue weighted by atomic mass is 16.4. The molecule has 8 heteroatoms. The third-order valence-electron chi connectivity index (χ3n) is 3.60. The van der Waals surface area contributed by atoms with Crippen molar-refractivity contribution in [2.75, 3.05) is 4.90 Å². The van der Waals surface area contributed by atoms with E-state index in [-0.39, 0.29) is 5.91 Å². The number of hydrogen-bond donors (Lipinski definition) is 3. The van der Waals surface area contributed by atoms with E-state index >= 15 is 0 Å². The number of pyridine rings is 1. The number of rotatable bonds is 3. The number of nitrogens with zero attached hydrogens (tertiary/aromatic N) is 2. The second kappa shape index (κ2) is 7.58. The fourth-order valence-electron chi connectivity index (χ4n) is 2.53. The van der Waals surface area contributed by atoms with Crippen molar-refractivity contribution in [1.29, 1.82) is 0 Å². The van der Waals surface area contributed by atoms with E-state index in [2.05, 4.69) is 4.98 Å². The topological polar surface area (TPSA) is 128 Å². The van der Waals surface area contributed by atoms with Gasteiger partial charge < -0.3 is 15.3 Å². The van der Waals surface area contributed by atoms with Gasteiger partial charge in [0.15, 0.2) is 5.72 Å². The zero-order valence-corrected chi connectivity index (χ0v) is 13.7. The molecule has 26 heavy (non-hydrogen) atoms. The summed E-state index contributed by atoms with van der Waals surface area (Å²) in [5.74, 6) is -2.71. The van der Waals surface area contributed by atoms with Crippen LogP contribution in [-0.2, 0) is 15.3 Å². The van der Waals surface area contributed by atoms with E-state index in [1.807, 2.05) is 6.07 Å². The molecule has 1 unspecified atom stereocenters. The molecule has 0 spiro atoms. The van der Waals surface area contributed by atoms with Crippen LogP contribution in [-0.4, -0.2) is 38.1 Å². The number of aliphatic carboxylic acids is 2. The number of aliphatic hydroxyl groups is 1. The smallest absolute Gasteiger partial charge is 0.328 e. The lowest BCUT2D eigenvalue weighted by Crippen LogP contribution is -2.41. The van der Waals surface area contributed by atoms with E-state index in [1.54, 1.807) is 49.6 Å². The summed E-state index contributed by atoms with van der Waals surface area (Å²) >= 11 is 0. The van der Waals surface area contributed by atoms with Crippen LogP contribution in [0.3, 0.4) is 0 Å². The van der Waals surface area contributed by atoms with Gasteiger partial charge in [-0.15, -0.1) is 0 Å². The maximum atomic E-state index is 12.4. The second-order valence-corrected chi connectivity index (χ2v) is 5.42. The van der Waals surface area contributed by atoms with Gasteiger partial charge in [-0.25, -0.2) is 9.59 Å². The van der Waals surface area contributed by atoms with Crippen molar-refractivity contribution in [3.05, 3.63) is 72.1 Å². The predicted octanol–water partition coefficient (Wildman–Crippen LogP) is 1.62. The van der Waals surface area contributed by atoms with E-state index in [4.69, 9.17) is 10.2 Å². The molecule has 0 saturated carbocycles. The Morgan fingerprint density at radius 3 is 2.08 bits per heavy atom. The van der Waals surface area contributed by atoms with Crippen molar-refractivity contribution in [3.8, 4) is 0 Å². The Morgan fingerprint density at radius 1 is 1.04 bits per heavy atom. The molecule has 134 valence electrons. The van der Waals surface area contributed by atoms with Crippen molar-refractivity contribution >= 4 is 23.5 Å². The maximum absolute atomic E-state index is 12.4. The normalized spacial score (nSPS) is 18.2. The lowest BCUT2D eigenvalue weighted by atomic mass is 10.0. The van der Waals surface area contributed by atoms with Crippen LogP contribution in [0, 0.1) is 0 Å². The summed E-state index contributed by atoms with van der Waals surface area (Å²) in [6.07, 6.45) is 4.31. The van der Waals surface area contributed by atoms with E-state index in [1.165, 1.54) is 4.90 Å². The monoisotopic (exact) mass is 356 g/mol. The number of benzene rings is 1. The fraction of sp³-hybridized carbons (Fsp3) is 0.111. The van der Waals surface area contributed by atoms with Gasteiger partial charge in [0.1, 0.15) is 0 Å². The molecule has 3 rings (SSSR count). The van der Waals surface area contributed by atoms with E-state index in [0.717, 1.165) is 0 Å². The molecule has 1 atom stereocenters. The molecular formula is C18H16N2O6. The van der Waals surface area contributed by atoms with Crippen molar-refractivity contribution in [1.82, 2.24) is 4.98 Å². The van der Waals surface area contributed by atoms with E-state index in [9.17, 15) is 19.5 Å². The summed E-state index contributed by atoms with van der Waals surface area (Å²) in [5, 5.41) is 26.2. The van der Waals surface area contributed by atoms with Crippen molar-refractivity contribution in [2.24, 2.45) is 0 Å². The Labute approximate surface area is 148 Å². The first-order valence-electron chi connectivity index (χ1n) is 7.45. The van der Waals surface area contributed by atoms with Crippen LogP contribution in [0.4, 0.5) is 5.69 Å². The van der Waals surface area contributed by atoms with Crippen molar-refractivity contribution < 1.29 is 29.7 Å². The Kier molecular flexibility index (Phi) is 5.48. The Balaban J connectivity index is 0.000000260. The van der Waals surface area contributed by atoms with Crippen LogP contribution in [0.1, 0.15) is 22.8 Å². The van der Waals surface area contributed by atoms with Gasteiger partial charge in [0, 0.05) is 35.7 Å². The predicted molar refractivity (Wildman–Crippen MR) is 91.5 cm³/mol. The van der Waals surface area contributed by atoms with Crippen LogP contribution in [0.25, 0.3) is 0 Å². The van der Waals surface area contributed by atoms with Gasteiger partial charge in [0.25, 0.3) is 5.91 Å². The average Bonchev–Trinajstić information content (AvgIpc) is 2.81. The van der Waals surface area contributed by atoms with Gasteiger partial charge in [-0.05, 0) is 25.1 Å². The van der Waals surface area contributed by atoms with Gasteiger partial charge in [0.2, 0.25) is 0 Å². The second-order valence-electron chi connectivity index (χ2n) is 5.42. The van der Waals surface area contributed by atoms with Crippen LogP contribution < -0.4 is 4.90 Å². The average molecular weight is 356 g/mol. The van der Waals surface area contributed by atoms with Crippen molar-refractivity contribution in [2.45, 2.75) is 12.6 Å². The molecule has 1 aliphatic heterocycles. The SMILES string of the molecule is CC1(O)c2ccccc2C(=O)N1c1ccncc1.O=C(O)/C=C/C(=O)O. The summed E-state index contributed by atoms with van der Waals surface area (Å²) in [7, 11) is 0. The van der Waals surface area contributed by atoms with Crippen molar-refractivity contribution in [3.63, 3.8) is 0 Å². The van der Waals surface area contributed by atoms with Crippen LogP contribution in [0.2, 0.25) is 0 Å². The molecule has 1 aromatic carbocycles. The van der Waals surface area contributed by atoms with Gasteiger partial charge in [-0.3, -0.25) is 14.7 Å². The highest BCUT2D eigenvalue weighted by molar-refractivity contribution is 6.11. The third-order valence-corrected chi connectivity index (χ3v) is 3.60. The standard InChI is InChI=1S/C14H12N2O2.C4H4O4/c1-14(18)12-5-3-2-4-11(12)13(17)16(14)10-6-8-15-9-7-10;5-3(6)1-2-4(7)8/h2-9,18H,1H3;1-2H,(H,5,6)(H,7,8)/b;2-1+. The quantitative estimate of drug-likeness (QED) is 0.713. The molecule has 0 saturated heterocycles. The molecule has 2 heterocycles. The Bertz CT molecular complexity index is 845. The Morgan fingerprint density at radius 2 is 1.58 bits per heavy atom. The van der Waals surface area contributed by atoms with E-state index < -0.39 is 17.7 Å². The number of fused-ring (bicyclic) bond motifs is 1. The summed E-state index contributed by atoms with van der Waals surface area (Å²) < 4.78 is 0. The Hall–Kier alpha value is -3.52. The first-order valence-corrected chi connectivity index (χ1v) is 7.45. The third kappa shape index (κ3) is 3.93. The molecule has 3 N–H and O–H groups in total. The summed E-state index contributed by atoms with van der Waals surface area (Å²) in [4.78, 5) is 36.8. The van der Waals surface area contributed by atoms with Gasteiger partial charge in [-0.1, -0.05) is 18.2 Å². The molecule has 1 aromatic heterocycles.